The average molecular weight is 734 g/mol. The van der Waals surface area contributed by atoms with Gasteiger partial charge in [-0.2, -0.15) is 0 Å². The second-order valence-corrected chi connectivity index (χ2v) is 15.0. The Labute approximate surface area is 327 Å². The Morgan fingerprint density at radius 1 is 0.339 bits per heavy atom. The standard InChI is InChI=1S/C51H31N3OS/c1-3-13-32(14-4-1)33-25-27-35(28-26-33)50-52-49(34-15-5-2-6-16-34)53-51(54-50)43-30-38(31-45-47(43)42-20-7-9-23-44(42)55-45)36-17-11-18-37(29-36)39-21-12-22-41-40-19-8-10-24-46(40)56-48(39)41/h1-31H. The van der Waals surface area contributed by atoms with Crippen LogP contribution in [0.5, 0.6) is 0 Å². The Hall–Kier alpha value is -7.21. The van der Waals surface area contributed by atoms with E-state index >= 15 is 0 Å². The third-order valence-corrected chi connectivity index (χ3v) is 11.8. The maximum Gasteiger partial charge on any atom is 0.164 e. The first kappa shape index (κ1) is 32.2. The Morgan fingerprint density at radius 3 is 1.71 bits per heavy atom. The van der Waals surface area contributed by atoms with Crippen molar-refractivity contribution in [1.82, 2.24) is 15.0 Å². The summed E-state index contributed by atoms with van der Waals surface area (Å²) in [5.74, 6) is 1.81. The van der Waals surface area contributed by atoms with Crippen LogP contribution in [0, 0.1) is 0 Å². The highest BCUT2D eigenvalue weighted by Crippen LogP contribution is 2.43. The third kappa shape index (κ3) is 5.56. The Morgan fingerprint density at radius 2 is 0.911 bits per heavy atom. The first-order valence-electron chi connectivity index (χ1n) is 18.7. The normalized spacial score (nSPS) is 11.6. The van der Waals surface area contributed by atoms with E-state index in [-0.39, 0.29) is 0 Å². The molecule has 0 saturated heterocycles. The molecule has 8 aromatic carbocycles. The summed E-state index contributed by atoms with van der Waals surface area (Å²) in [6.07, 6.45) is 0. The summed E-state index contributed by atoms with van der Waals surface area (Å²) >= 11 is 1.85. The van der Waals surface area contributed by atoms with Crippen LogP contribution in [0.1, 0.15) is 0 Å². The van der Waals surface area contributed by atoms with Crippen LogP contribution in [0.4, 0.5) is 0 Å². The minimum Gasteiger partial charge on any atom is -0.456 e. The first-order valence-corrected chi connectivity index (χ1v) is 19.5. The van der Waals surface area contributed by atoms with Crippen molar-refractivity contribution >= 4 is 53.4 Å². The molecule has 0 saturated carbocycles. The fraction of sp³-hybridized carbons (Fsp3) is 0. The van der Waals surface area contributed by atoms with Gasteiger partial charge >= 0.3 is 0 Å². The van der Waals surface area contributed by atoms with Crippen LogP contribution in [0.3, 0.4) is 0 Å². The molecule has 3 aromatic heterocycles. The zero-order valence-electron chi connectivity index (χ0n) is 30.1. The van der Waals surface area contributed by atoms with Gasteiger partial charge in [0.1, 0.15) is 11.2 Å². The molecule has 0 aliphatic rings. The molecule has 5 heteroatoms. The summed E-state index contributed by atoms with van der Waals surface area (Å²) in [7, 11) is 0. The first-order chi connectivity index (χ1) is 27.7. The van der Waals surface area contributed by atoms with E-state index in [1.54, 1.807) is 0 Å². The number of furan rings is 1. The minimum absolute atomic E-state index is 0.589. The number of nitrogens with zero attached hydrogens (tertiary/aromatic N) is 3. The Balaban J connectivity index is 1.11. The molecule has 0 radical (unpaired) electrons. The maximum atomic E-state index is 6.60. The van der Waals surface area contributed by atoms with Gasteiger partial charge in [-0.15, -0.1) is 11.3 Å². The molecular formula is C51H31N3OS. The SMILES string of the molecule is c1ccc(-c2ccc(-c3nc(-c4ccccc4)nc(-c4cc(-c5cccc(-c6cccc7c6sc6ccccc67)c5)cc5oc6ccccc6c45)n3)cc2)cc1. The van der Waals surface area contributed by atoms with Gasteiger partial charge < -0.3 is 4.42 Å². The zero-order valence-corrected chi connectivity index (χ0v) is 30.9. The van der Waals surface area contributed by atoms with Crippen molar-refractivity contribution in [3.63, 3.8) is 0 Å². The molecule has 4 nitrogen and oxygen atoms in total. The number of aromatic nitrogens is 3. The molecule has 0 unspecified atom stereocenters. The summed E-state index contributed by atoms with van der Waals surface area (Å²) in [6, 6.07) is 65.6. The van der Waals surface area contributed by atoms with Crippen molar-refractivity contribution in [2.45, 2.75) is 0 Å². The third-order valence-electron chi connectivity index (χ3n) is 10.5. The van der Waals surface area contributed by atoms with Crippen LogP contribution < -0.4 is 0 Å². The number of para-hydroxylation sites is 1. The Kier molecular flexibility index (Phi) is 7.64. The largest absolute Gasteiger partial charge is 0.456 e. The Bertz CT molecular complexity index is 3240. The molecule has 0 N–H and O–H groups in total. The summed E-state index contributed by atoms with van der Waals surface area (Å²) in [5, 5.41) is 4.58. The number of benzene rings is 8. The second-order valence-electron chi connectivity index (χ2n) is 14.0. The lowest BCUT2D eigenvalue weighted by Gasteiger charge is -2.12. The summed E-state index contributed by atoms with van der Waals surface area (Å²) in [6.45, 7) is 0. The van der Waals surface area contributed by atoms with E-state index in [1.807, 2.05) is 59.9 Å². The van der Waals surface area contributed by atoms with Crippen molar-refractivity contribution in [1.29, 1.82) is 0 Å². The number of hydrogen-bond acceptors (Lipinski definition) is 5. The van der Waals surface area contributed by atoms with E-state index in [2.05, 4.69) is 140 Å². The van der Waals surface area contributed by atoms with Gasteiger partial charge in [0, 0.05) is 47.6 Å². The molecule has 262 valence electrons. The lowest BCUT2D eigenvalue weighted by Crippen LogP contribution is -2.00. The zero-order chi connectivity index (χ0) is 37.0. The van der Waals surface area contributed by atoms with Crippen molar-refractivity contribution in [3.8, 4) is 67.5 Å². The fourth-order valence-corrected chi connectivity index (χ4v) is 9.06. The predicted octanol–water partition coefficient (Wildman–Crippen LogP) is 14.1. The van der Waals surface area contributed by atoms with Crippen LogP contribution in [-0.4, -0.2) is 15.0 Å². The number of rotatable bonds is 6. The summed E-state index contributed by atoms with van der Waals surface area (Å²) in [4.78, 5) is 15.5. The number of thiophene rings is 1. The molecule has 0 atom stereocenters. The van der Waals surface area contributed by atoms with Crippen LogP contribution in [0.25, 0.3) is 110 Å². The molecule has 11 aromatic rings. The van der Waals surface area contributed by atoms with Gasteiger partial charge in [0.15, 0.2) is 17.5 Å². The van der Waals surface area contributed by atoms with Crippen molar-refractivity contribution in [2.24, 2.45) is 0 Å². The molecule has 56 heavy (non-hydrogen) atoms. The van der Waals surface area contributed by atoms with Crippen molar-refractivity contribution in [3.05, 3.63) is 188 Å². The van der Waals surface area contributed by atoms with Crippen LogP contribution in [0.2, 0.25) is 0 Å². The second kappa shape index (κ2) is 13.3. The van der Waals surface area contributed by atoms with Gasteiger partial charge in [-0.05, 0) is 63.7 Å². The molecule has 0 amide bonds. The molecule has 0 fully saturated rings. The maximum absolute atomic E-state index is 6.60. The molecule has 3 heterocycles. The van der Waals surface area contributed by atoms with E-state index in [0.717, 1.165) is 60.9 Å². The lowest BCUT2D eigenvalue weighted by atomic mass is 9.95. The average Bonchev–Trinajstić information content (AvgIpc) is 3.85. The van der Waals surface area contributed by atoms with Crippen LogP contribution >= 0.6 is 11.3 Å². The van der Waals surface area contributed by atoms with Gasteiger partial charge in [0.2, 0.25) is 0 Å². The monoisotopic (exact) mass is 733 g/mol. The highest BCUT2D eigenvalue weighted by atomic mass is 32.1. The van der Waals surface area contributed by atoms with E-state index < -0.39 is 0 Å². The predicted molar refractivity (Wildman–Crippen MR) is 233 cm³/mol. The molecular weight excluding hydrogens is 703 g/mol. The van der Waals surface area contributed by atoms with E-state index in [0.29, 0.717) is 17.5 Å². The van der Waals surface area contributed by atoms with E-state index in [9.17, 15) is 0 Å². The minimum atomic E-state index is 0.589. The highest BCUT2D eigenvalue weighted by Gasteiger charge is 2.20. The quantitative estimate of drug-likeness (QED) is 0.171. The summed E-state index contributed by atoms with van der Waals surface area (Å²) < 4.78 is 9.19. The lowest BCUT2D eigenvalue weighted by molar-refractivity contribution is 0.669. The van der Waals surface area contributed by atoms with Crippen molar-refractivity contribution in [2.75, 3.05) is 0 Å². The number of hydrogen-bond donors (Lipinski definition) is 0. The highest BCUT2D eigenvalue weighted by molar-refractivity contribution is 7.26. The molecule has 0 aliphatic carbocycles. The van der Waals surface area contributed by atoms with Gasteiger partial charge in [0.25, 0.3) is 0 Å². The van der Waals surface area contributed by atoms with Gasteiger partial charge in [-0.1, -0.05) is 158 Å². The molecule has 0 aliphatic heterocycles. The van der Waals surface area contributed by atoms with Crippen LogP contribution in [0.15, 0.2) is 192 Å². The molecule has 0 bridgehead atoms. The van der Waals surface area contributed by atoms with Gasteiger partial charge in [-0.25, -0.2) is 15.0 Å². The van der Waals surface area contributed by atoms with E-state index in [1.165, 1.54) is 31.3 Å². The van der Waals surface area contributed by atoms with E-state index in [4.69, 9.17) is 19.4 Å². The van der Waals surface area contributed by atoms with Gasteiger partial charge in [0.05, 0.1) is 0 Å². The van der Waals surface area contributed by atoms with Gasteiger partial charge in [-0.3, -0.25) is 0 Å². The molecule has 0 spiro atoms. The topological polar surface area (TPSA) is 51.8 Å². The fourth-order valence-electron chi connectivity index (χ4n) is 7.82. The molecule has 11 rings (SSSR count). The summed E-state index contributed by atoms with van der Waals surface area (Å²) in [5.41, 5.74) is 11.1. The van der Waals surface area contributed by atoms with Crippen molar-refractivity contribution < 1.29 is 4.42 Å². The smallest absolute Gasteiger partial charge is 0.164 e. The van der Waals surface area contributed by atoms with Crippen LogP contribution in [-0.2, 0) is 0 Å². The number of fused-ring (bicyclic) bond motifs is 6.